The lowest BCUT2D eigenvalue weighted by atomic mass is 9.83. The molecule has 0 saturated heterocycles. The molecule has 42 heavy (non-hydrogen) atoms. The number of halogens is 3. The monoisotopic (exact) mass is 599 g/mol. The van der Waals surface area contributed by atoms with Crippen LogP contribution in [0.25, 0.3) is 10.9 Å². The van der Waals surface area contributed by atoms with Gasteiger partial charge in [0, 0.05) is 16.9 Å². The lowest BCUT2D eigenvalue weighted by Gasteiger charge is -2.28. The van der Waals surface area contributed by atoms with Crippen molar-refractivity contribution in [1.82, 2.24) is 14.3 Å². The standard InChI is InChI=1S/C31H36F3N5O2S/c1-30(2,20-35)29-15-13-26(19-37-29)36-16-4-5-27-18-24-17-23(10-14-28(24)39(27)21-31(32,33)34)7-6-22-8-11-25(12-9-22)38-42(3,40)41/h10,13-15,17-19,22,25,36,38H,6-9,11-12,16,21H2,1-3H3. The summed E-state index contributed by atoms with van der Waals surface area (Å²) in [7, 11) is -3.20. The van der Waals surface area contributed by atoms with E-state index in [1.807, 2.05) is 12.1 Å². The number of nitrogens with zero attached hydrogens (tertiary/aromatic N) is 3. The summed E-state index contributed by atoms with van der Waals surface area (Å²) in [6, 6.07) is 13.0. The van der Waals surface area contributed by atoms with E-state index in [1.54, 1.807) is 44.3 Å². The normalized spacial score (nSPS) is 17.8. The first-order chi connectivity index (χ1) is 19.7. The van der Waals surface area contributed by atoms with Crippen molar-refractivity contribution < 1.29 is 21.6 Å². The second kappa shape index (κ2) is 12.8. The number of aromatic nitrogens is 2. The first-order valence-electron chi connectivity index (χ1n) is 14.0. The topological polar surface area (TPSA) is 99.8 Å². The zero-order chi connectivity index (χ0) is 30.5. The van der Waals surface area contributed by atoms with E-state index in [0.29, 0.717) is 28.5 Å². The number of benzene rings is 1. The fraction of sp³-hybridized carbons (Fsp3) is 0.484. The van der Waals surface area contributed by atoms with E-state index in [2.05, 4.69) is 32.9 Å². The average molecular weight is 600 g/mol. The van der Waals surface area contributed by atoms with Crippen molar-refractivity contribution in [2.75, 3.05) is 18.1 Å². The third-order valence-electron chi connectivity index (χ3n) is 7.65. The first kappa shape index (κ1) is 31.4. The van der Waals surface area contributed by atoms with Gasteiger partial charge in [-0.15, -0.1) is 0 Å². The van der Waals surface area contributed by atoms with Gasteiger partial charge in [0.25, 0.3) is 0 Å². The molecule has 1 aromatic carbocycles. The maximum atomic E-state index is 13.5. The van der Waals surface area contributed by atoms with E-state index in [1.165, 1.54) is 10.8 Å². The first-order valence-corrected chi connectivity index (χ1v) is 15.9. The Hall–Kier alpha value is -3.54. The molecule has 0 bridgehead atoms. The zero-order valence-electron chi connectivity index (χ0n) is 24.1. The Labute approximate surface area is 245 Å². The minimum atomic E-state index is -4.39. The molecule has 0 unspecified atom stereocenters. The Morgan fingerprint density at radius 1 is 1.10 bits per heavy atom. The number of nitrogens with one attached hydrogen (secondary N) is 2. The van der Waals surface area contributed by atoms with Gasteiger partial charge in [-0.05, 0) is 100 Å². The van der Waals surface area contributed by atoms with E-state index in [9.17, 15) is 26.9 Å². The van der Waals surface area contributed by atoms with Gasteiger partial charge in [-0.2, -0.15) is 18.4 Å². The van der Waals surface area contributed by atoms with Crippen LogP contribution in [0, 0.1) is 29.1 Å². The Morgan fingerprint density at radius 2 is 1.83 bits per heavy atom. The second-order valence-corrected chi connectivity index (χ2v) is 13.4. The number of hydrogen-bond acceptors (Lipinski definition) is 5. The largest absolute Gasteiger partial charge is 0.406 e. The fourth-order valence-electron chi connectivity index (χ4n) is 5.38. The summed E-state index contributed by atoms with van der Waals surface area (Å²) in [5.74, 6) is 6.32. The molecule has 2 heterocycles. The van der Waals surface area contributed by atoms with Crippen LogP contribution in [0.1, 0.15) is 62.9 Å². The molecule has 4 rings (SSSR count). The van der Waals surface area contributed by atoms with Crippen molar-refractivity contribution in [3.8, 4) is 17.9 Å². The van der Waals surface area contributed by atoms with Crippen LogP contribution < -0.4 is 10.0 Å². The maximum Gasteiger partial charge on any atom is 0.406 e. The Balaban J connectivity index is 1.42. The van der Waals surface area contributed by atoms with E-state index in [4.69, 9.17) is 0 Å². The highest BCUT2D eigenvalue weighted by Gasteiger charge is 2.30. The molecule has 0 amide bonds. The highest BCUT2D eigenvalue weighted by atomic mass is 32.2. The van der Waals surface area contributed by atoms with Crippen molar-refractivity contribution in [1.29, 1.82) is 5.26 Å². The van der Waals surface area contributed by atoms with Crippen molar-refractivity contribution in [2.24, 2.45) is 5.92 Å². The summed E-state index contributed by atoms with van der Waals surface area (Å²) in [4.78, 5) is 4.32. The lowest BCUT2D eigenvalue weighted by Crippen LogP contribution is -2.36. The third kappa shape index (κ3) is 8.73. The van der Waals surface area contributed by atoms with Crippen LogP contribution >= 0.6 is 0 Å². The number of pyridine rings is 1. The summed E-state index contributed by atoms with van der Waals surface area (Å²) >= 11 is 0. The van der Waals surface area contributed by atoms with Crippen molar-refractivity contribution >= 4 is 26.6 Å². The van der Waals surface area contributed by atoms with Gasteiger partial charge in [0.15, 0.2) is 0 Å². The third-order valence-corrected chi connectivity index (χ3v) is 8.41. The van der Waals surface area contributed by atoms with E-state index in [0.717, 1.165) is 49.5 Å². The van der Waals surface area contributed by atoms with Gasteiger partial charge >= 0.3 is 6.18 Å². The minimum absolute atomic E-state index is 0.00484. The van der Waals surface area contributed by atoms with E-state index < -0.39 is 28.2 Å². The smallest absolute Gasteiger partial charge is 0.373 e. The van der Waals surface area contributed by atoms with Crippen molar-refractivity contribution in [3.05, 3.63) is 59.5 Å². The number of fused-ring (bicyclic) bond motifs is 1. The second-order valence-electron chi connectivity index (χ2n) is 11.6. The Kier molecular flexibility index (Phi) is 9.54. The molecule has 0 atom stereocenters. The molecule has 224 valence electrons. The number of rotatable bonds is 9. The summed E-state index contributed by atoms with van der Waals surface area (Å²) in [5, 5.41) is 13.1. The summed E-state index contributed by atoms with van der Waals surface area (Å²) in [5.41, 5.74) is 2.47. The molecule has 3 aromatic rings. The van der Waals surface area contributed by atoms with Crippen LogP contribution in [0.15, 0.2) is 42.6 Å². The average Bonchev–Trinajstić information content (AvgIpc) is 3.25. The molecule has 0 aliphatic heterocycles. The van der Waals surface area contributed by atoms with Crippen LogP contribution in [0.3, 0.4) is 0 Å². The molecule has 1 fully saturated rings. The number of aryl methyl sites for hydroxylation is 1. The molecule has 0 spiro atoms. The molecular formula is C31H36F3N5O2S. The van der Waals surface area contributed by atoms with Crippen LogP contribution in [-0.2, 0) is 28.4 Å². The molecule has 1 aliphatic carbocycles. The maximum absolute atomic E-state index is 13.5. The molecule has 7 nitrogen and oxygen atoms in total. The van der Waals surface area contributed by atoms with Crippen molar-refractivity contribution in [2.45, 2.75) is 76.6 Å². The van der Waals surface area contributed by atoms with Gasteiger partial charge in [-0.25, -0.2) is 13.1 Å². The Bertz CT molecular complexity index is 1600. The summed E-state index contributed by atoms with van der Waals surface area (Å²) in [6.07, 6.45) is 3.67. The van der Waals surface area contributed by atoms with E-state index >= 15 is 0 Å². The Morgan fingerprint density at radius 3 is 2.45 bits per heavy atom. The number of anilines is 1. The number of sulfonamides is 1. The van der Waals surface area contributed by atoms with Gasteiger partial charge in [0.05, 0.1) is 47.6 Å². The van der Waals surface area contributed by atoms with Gasteiger partial charge in [0.1, 0.15) is 6.54 Å². The number of nitriles is 1. The molecule has 1 saturated carbocycles. The molecule has 2 N–H and O–H groups in total. The molecule has 11 heteroatoms. The zero-order valence-corrected chi connectivity index (χ0v) is 24.9. The van der Waals surface area contributed by atoms with Crippen LogP contribution in [0.2, 0.25) is 0 Å². The van der Waals surface area contributed by atoms with Crippen LogP contribution in [-0.4, -0.2) is 43.0 Å². The van der Waals surface area contributed by atoms with Gasteiger partial charge in [-0.3, -0.25) is 4.98 Å². The lowest BCUT2D eigenvalue weighted by molar-refractivity contribution is -0.140. The number of alkyl halides is 3. The van der Waals surface area contributed by atoms with Crippen LogP contribution in [0.4, 0.5) is 18.9 Å². The van der Waals surface area contributed by atoms with Gasteiger partial charge in [-0.1, -0.05) is 12.0 Å². The molecule has 1 aliphatic rings. The van der Waals surface area contributed by atoms with Gasteiger partial charge in [0.2, 0.25) is 10.0 Å². The predicted octanol–water partition coefficient (Wildman–Crippen LogP) is 5.90. The summed E-state index contributed by atoms with van der Waals surface area (Å²) in [6.45, 7) is 2.65. The van der Waals surface area contributed by atoms with Gasteiger partial charge < -0.3 is 9.88 Å². The molecule has 0 radical (unpaired) electrons. The SMILES string of the molecule is CC(C)(C#N)c1ccc(NCC#Cc2cc3cc(CCC4CCC(NS(C)(=O)=O)CC4)ccc3n2CC(F)(F)F)cn1. The molecular weight excluding hydrogens is 563 g/mol. The minimum Gasteiger partial charge on any atom is -0.373 e. The quantitative estimate of drug-likeness (QED) is 0.298. The van der Waals surface area contributed by atoms with E-state index in [-0.39, 0.29) is 12.6 Å². The van der Waals surface area contributed by atoms with Crippen LogP contribution in [0.5, 0.6) is 0 Å². The summed E-state index contributed by atoms with van der Waals surface area (Å²) < 4.78 is 67.2. The predicted molar refractivity (Wildman–Crippen MR) is 158 cm³/mol. The fourth-order valence-corrected chi connectivity index (χ4v) is 6.22. The molecule has 2 aromatic heterocycles. The highest BCUT2D eigenvalue weighted by molar-refractivity contribution is 7.88. The number of hydrogen-bond donors (Lipinski definition) is 2. The van der Waals surface area contributed by atoms with Crippen molar-refractivity contribution in [3.63, 3.8) is 0 Å². The highest BCUT2D eigenvalue weighted by Crippen LogP contribution is 2.30.